The highest BCUT2D eigenvalue weighted by Gasteiger charge is 2.24. The van der Waals surface area contributed by atoms with Crippen molar-refractivity contribution in [2.45, 2.75) is 25.9 Å². The van der Waals surface area contributed by atoms with Crippen LogP contribution < -0.4 is 14.2 Å². The molecule has 4 nitrogen and oxygen atoms in total. The Kier molecular flexibility index (Phi) is 6.09. The summed E-state index contributed by atoms with van der Waals surface area (Å²) in [5.74, 6) is -0.505. The molecule has 3 rings (SSSR count). The van der Waals surface area contributed by atoms with E-state index < -0.39 is 5.92 Å². The second-order valence-corrected chi connectivity index (χ2v) is 6.40. The van der Waals surface area contributed by atoms with Gasteiger partial charge in [0.05, 0.1) is 0 Å². The fraction of sp³-hybridized carbons (Fsp3) is 0.227. The minimum atomic E-state index is -2.92. The molecule has 0 fully saturated rings. The molecule has 0 spiro atoms. The molecule has 0 N–H and O–H groups in total. The van der Waals surface area contributed by atoms with E-state index in [2.05, 4.69) is 4.98 Å². The third-order valence-electron chi connectivity index (χ3n) is 3.85. The van der Waals surface area contributed by atoms with Gasteiger partial charge in [0.2, 0.25) is 5.88 Å². The first-order chi connectivity index (χ1) is 13.4. The first-order valence-electron chi connectivity index (χ1n) is 8.87. The van der Waals surface area contributed by atoms with Crippen molar-refractivity contribution in [3.8, 4) is 23.1 Å². The highest BCUT2D eigenvalue weighted by atomic mass is 19.3. The van der Waals surface area contributed by atoms with Crippen LogP contribution in [0.5, 0.6) is 23.1 Å². The molecule has 0 bridgehead atoms. The molecule has 0 radical (unpaired) electrons. The van der Waals surface area contributed by atoms with Crippen LogP contribution in [0.3, 0.4) is 0 Å². The second-order valence-electron chi connectivity index (χ2n) is 6.40. The molecular formula is C22H21F2NO3. The van der Waals surface area contributed by atoms with Gasteiger partial charge < -0.3 is 14.2 Å². The molecule has 0 saturated carbocycles. The molecule has 146 valence electrons. The van der Waals surface area contributed by atoms with Crippen LogP contribution in [-0.4, -0.2) is 17.7 Å². The van der Waals surface area contributed by atoms with E-state index in [0.717, 1.165) is 18.9 Å². The average Bonchev–Trinajstić information content (AvgIpc) is 2.68. The van der Waals surface area contributed by atoms with Crippen LogP contribution >= 0.6 is 0 Å². The molecule has 0 aliphatic heterocycles. The van der Waals surface area contributed by atoms with E-state index in [1.165, 1.54) is 12.1 Å². The summed E-state index contributed by atoms with van der Waals surface area (Å²) in [5, 5.41) is 0. The molecule has 1 aromatic heterocycles. The zero-order valence-electron chi connectivity index (χ0n) is 15.6. The molecule has 6 heteroatoms. The number of aromatic nitrogens is 1. The van der Waals surface area contributed by atoms with Gasteiger partial charge in [0.25, 0.3) is 5.92 Å². The molecule has 1 atom stereocenters. The lowest BCUT2D eigenvalue weighted by Gasteiger charge is -2.16. The number of ether oxygens (including phenoxy) is 3. The van der Waals surface area contributed by atoms with Gasteiger partial charge in [0.1, 0.15) is 30.0 Å². The monoisotopic (exact) mass is 385 g/mol. The highest BCUT2D eigenvalue weighted by molar-refractivity contribution is 5.35. The van der Waals surface area contributed by atoms with Crippen molar-refractivity contribution in [1.29, 1.82) is 0 Å². The number of hydrogen-bond acceptors (Lipinski definition) is 4. The molecule has 0 amide bonds. The van der Waals surface area contributed by atoms with Gasteiger partial charge in [-0.05, 0) is 49.4 Å². The molecule has 0 aliphatic rings. The lowest BCUT2D eigenvalue weighted by molar-refractivity contribution is 0.0169. The number of benzene rings is 2. The lowest BCUT2D eigenvalue weighted by atomic mass is 10.2. The van der Waals surface area contributed by atoms with Crippen molar-refractivity contribution in [3.05, 3.63) is 78.5 Å². The van der Waals surface area contributed by atoms with Gasteiger partial charge in [0.15, 0.2) is 0 Å². The fourth-order valence-electron chi connectivity index (χ4n) is 2.39. The summed E-state index contributed by atoms with van der Waals surface area (Å²) < 4.78 is 43.4. The number of hydrogen-bond donors (Lipinski definition) is 0. The van der Waals surface area contributed by atoms with E-state index >= 15 is 0 Å². The Morgan fingerprint density at radius 1 is 0.893 bits per heavy atom. The van der Waals surface area contributed by atoms with Crippen molar-refractivity contribution in [1.82, 2.24) is 4.98 Å². The van der Waals surface area contributed by atoms with Gasteiger partial charge in [-0.1, -0.05) is 18.2 Å². The molecular weight excluding hydrogens is 364 g/mol. The fourth-order valence-corrected chi connectivity index (χ4v) is 2.39. The Hall–Kier alpha value is -3.15. The second kappa shape index (κ2) is 8.69. The summed E-state index contributed by atoms with van der Waals surface area (Å²) in [6.07, 6.45) is 0.815. The Bertz CT molecular complexity index is 863. The summed E-state index contributed by atoms with van der Waals surface area (Å²) >= 11 is 0. The maximum atomic E-state index is 13.2. The van der Waals surface area contributed by atoms with Crippen LogP contribution in [0.2, 0.25) is 0 Å². The molecule has 1 unspecified atom stereocenters. The van der Waals surface area contributed by atoms with Gasteiger partial charge >= 0.3 is 0 Å². The lowest BCUT2D eigenvalue weighted by Crippen LogP contribution is -2.21. The number of alkyl halides is 2. The van der Waals surface area contributed by atoms with Gasteiger partial charge in [-0.2, -0.15) is 0 Å². The maximum Gasteiger partial charge on any atom is 0.272 e. The summed E-state index contributed by atoms with van der Waals surface area (Å²) in [6.45, 7) is 2.93. The van der Waals surface area contributed by atoms with Gasteiger partial charge in [-0.25, -0.2) is 13.8 Å². The largest absolute Gasteiger partial charge is 0.490 e. The zero-order valence-corrected chi connectivity index (χ0v) is 15.6. The van der Waals surface area contributed by atoms with E-state index in [1.54, 1.807) is 12.1 Å². The normalized spacial score (nSPS) is 12.3. The molecule has 2 aromatic carbocycles. The topological polar surface area (TPSA) is 40.6 Å². The first-order valence-corrected chi connectivity index (χ1v) is 8.87. The smallest absolute Gasteiger partial charge is 0.272 e. The summed E-state index contributed by atoms with van der Waals surface area (Å²) in [4.78, 5) is 3.92. The van der Waals surface area contributed by atoms with E-state index in [-0.39, 0.29) is 24.2 Å². The van der Waals surface area contributed by atoms with Crippen LogP contribution in [0.25, 0.3) is 0 Å². The minimum Gasteiger partial charge on any atom is -0.490 e. The molecule has 0 aliphatic carbocycles. The van der Waals surface area contributed by atoms with Crippen LogP contribution in [0.1, 0.15) is 19.4 Å². The van der Waals surface area contributed by atoms with Crippen LogP contribution in [0.4, 0.5) is 8.78 Å². The highest BCUT2D eigenvalue weighted by Crippen LogP contribution is 2.27. The van der Waals surface area contributed by atoms with E-state index in [9.17, 15) is 8.78 Å². The predicted molar refractivity (Wildman–Crippen MR) is 102 cm³/mol. The third kappa shape index (κ3) is 5.67. The summed E-state index contributed by atoms with van der Waals surface area (Å²) in [7, 11) is 0. The third-order valence-corrected chi connectivity index (χ3v) is 3.85. The van der Waals surface area contributed by atoms with E-state index in [0.29, 0.717) is 11.5 Å². The summed E-state index contributed by atoms with van der Waals surface area (Å²) in [5.41, 5.74) is -0.151. The number of rotatable bonds is 8. The Labute approximate surface area is 162 Å². The Morgan fingerprint density at radius 3 is 2.14 bits per heavy atom. The van der Waals surface area contributed by atoms with Crippen molar-refractivity contribution in [3.63, 3.8) is 0 Å². The number of pyridine rings is 1. The quantitative estimate of drug-likeness (QED) is 0.489. The minimum absolute atomic E-state index is 0.151. The first kappa shape index (κ1) is 19.6. The van der Waals surface area contributed by atoms with Gasteiger partial charge in [0, 0.05) is 24.8 Å². The molecule has 1 heterocycles. The summed E-state index contributed by atoms with van der Waals surface area (Å²) in [6, 6.07) is 19.5. The van der Waals surface area contributed by atoms with Crippen LogP contribution in [0.15, 0.2) is 72.9 Å². The van der Waals surface area contributed by atoms with E-state index in [1.807, 2.05) is 49.4 Å². The standard InChI is InChI=1S/C22H21F2NO3/c1-16(27-21-13-8-17(14-25-21)22(2,23)24)15-26-18-9-11-20(12-10-18)28-19-6-4-3-5-7-19/h3-14,16H,15H2,1-2H3. The van der Waals surface area contributed by atoms with Gasteiger partial charge in [-0.15, -0.1) is 0 Å². The Balaban J connectivity index is 1.48. The molecule has 0 saturated heterocycles. The van der Waals surface area contributed by atoms with Crippen LogP contribution in [0, 0.1) is 0 Å². The van der Waals surface area contributed by atoms with Crippen molar-refractivity contribution in [2.24, 2.45) is 0 Å². The van der Waals surface area contributed by atoms with Crippen molar-refractivity contribution >= 4 is 0 Å². The maximum absolute atomic E-state index is 13.2. The molecule has 28 heavy (non-hydrogen) atoms. The SMILES string of the molecule is CC(COc1ccc(Oc2ccccc2)cc1)Oc1ccc(C(C)(F)F)cn1. The molecule has 3 aromatic rings. The number of para-hydroxylation sites is 1. The van der Waals surface area contributed by atoms with E-state index in [4.69, 9.17) is 14.2 Å². The van der Waals surface area contributed by atoms with Crippen molar-refractivity contribution < 1.29 is 23.0 Å². The van der Waals surface area contributed by atoms with Crippen LogP contribution in [-0.2, 0) is 5.92 Å². The van der Waals surface area contributed by atoms with Gasteiger partial charge in [-0.3, -0.25) is 0 Å². The number of nitrogens with zero attached hydrogens (tertiary/aromatic N) is 1. The average molecular weight is 385 g/mol. The van der Waals surface area contributed by atoms with Crippen molar-refractivity contribution in [2.75, 3.05) is 6.61 Å². The number of halogens is 2. The zero-order chi connectivity index (χ0) is 20.0. The predicted octanol–water partition coefficient (Wildman–Crippen LogP) is 5.83. The Morgan fingerprint density at radius 2 is 1.54 bits per heavy atom.